The fourth-order valence-electron chi connectivity index (χ4n) is 1.79. The molecule has 0 saturated carbocycles. The van der Waals surface area contributed by atoms with E-state index in [1.807, 2.05) is 6.92 Å². The molecule has 1 rings (SSSR count). The summed E-state index contributed by atoms with van der Waals surface area (Å²) in [6.45, 7) is 2.07. The topological polar surface area (TPSA) is 107 Å². The summed E-state index contributed by atoms with van der Waals surface area (Å²) in [5.74, 6) is -0.291. The highest BCUT2D eigenvalue weighted by Crippen LogP contribution is 2.23. The summed E-state index contributed by atoms with van der Waals surface area (Å²) in [6, 6.07) is 4.65. The number of hydrogen-bond acceptors (Lipinski definition) is 5. The van der Waals surface area contributed by atoms with Gasteiger partial charge >= 0.3 is 0 Å². The monoisotopic (exact) mass is 281 g/mol. The quantitative estimate of drug-likeness (QED) is 0.581. The Morgan fingerprint density at radius 3 is 2.75 bits per heavy atom. The number of methoxy groups -OCH3 is 1. The zero-order valence-corrected chi connectivity index (χ0v) is 11.6. The zero-order chi connectivity index (χ0) is 15.1. The van der Waals surface area contributed by atoms with Gasteiger partial charge in [-0.2, -0.15) is 0 Å². The summed E-state index contributed by atoms with van der Waals surface area (Å²) in [4.78, 5) is 22.3. The summed E-state index contributed by atoms with van der Waals surface area (Å²) >= 11 is 0. The molecule has 1 amide bonds. The van der Waals surface area contributed by atoms with Gasteiger partial charge in [0.25, 0.3) is 5.69 Å². The molecule has 1 atom stereocenters. The molecule has 20 heavy (non-hydrogen) atoms. The molecule has 1 aromatic rings. The molecule has 7 heteroatoms. The van der Waals surface area contributed by atoms with Crippen molar-refractivity contribution in [3.63, 3.8) is 0 Å². The van der Waals surface area contributed by atoms with Gasteiger partial charge < -0.3 is 15.8 Å². The largest absolute Gasteiger partial charge is 0.380 e. The first-order chi connectivity index (χ1) is 9.51. The van der Waals surface area contributed by atoms with Crippen molar-refractivity contribution in [3.8, 4) is 0 Å². The van der Waals surface area contributed by atoms with Crippen LogP contribution < -0.4 is 11.1 Å². The van der Waals surface area contributed by atoms with Gasteiger partial charge in [0.1, 0.15) is 0 Å². The third kappa shape index (κ3) is 4.29. The normalized spacial score (nSPS) is 11.9. The molecule has 0 fully saturated rings. The van der Waals surface area contributed by atoms with Crippen molar-refractivity contribution in [2.45, 2.75) is 25.9 Å². The minimum atomic E-state index is -0.452. The number of aryl methyl sites for hydroxylation is 1. The predicted octanol–water partition coefficient (Wildman–Crippen LogP) is 1.46. The smallest absolute Gasteiger partial charge is 0.274 e. The molecule has 1 aromatic carbocycles. The summed E-state index contributed by atoms with van der Waals surface area (Å²) in [5.41, 5.74) is 6.46. The van der Waals surface area contributed by atoms with Gasteiger partial charge in [-0.1, -0.05) is 13.0 Å². The Hall–Kier alpha value is -1.99. The van der Waals surface area contributed by atoms with E-state index in [1.165, 1.54) is 13.2 Å². The number of amides is 1. The number of ether oxygens (including phenoxy) is 1. The number of carbonyl (C=O) groups excluding carboxylic acids is 1. The third-order valence-electron chi connectivity index (χ3n) is 2.96. The third-order valence-corrected chi connectivity index (χ3v) is 2.96. The van der Waals surface area contributed by atoms with Gasteiger partial charge in [0.2, 0.25) is 5.91 Å². The van der Waals surface area contributed by atoms with Crippen molar-refractivity contribution in [1.29, 1.82) is 0 Å². The number of nitrogens with one attached hydrogen (secondary N) is 1. The van der Waals surface area contributed by atoms with Crippen LogP contribution in [0, 0.1) is 10.1 Å². The van der Waals surface area contributed by atoms with Crippen molar-refractivity contribution >= 4 is 17.3 Å². The SMILES string of the molecule is CCc1ccc(NC(=O)CC(CN)OC)cc1[N+](=O)[O-]. The van der Waals surface area contributed by atoms with E-state index in [4.69, 9.17) is 10.5 Å². The molecule has 0 radical (unpaired) electrons. The highest BCUT2D eigenvalue weighted by molar-refractivity contribution is 5.91. The lowest BCUT2D eigenvalue weighted by Gasteiger charge is -2.12. The van der Waals surface area contributed by atoms with Gasteiger partial charge in [0.05, 0.1) is 17.4 Å². The van der Waals surface area contributed by atoms with E-state index in [-0.39, 0.29) is 30.7 Å². The molecule has 0 aliphatic rings. The molecular weight excluding hydrogens is 262 g/mol. The van der Waals surface area contributed by atoms with Crippen LogP contribution in [0.25, 0.3) is 0 Å². The highest BCUT2D eigenvalue weighted by Gasteiger charge is 2.15. The van der Waals surface area contributed by atoms with Crippen LogP contribution >= 0.6 is 0 Å². The molecule has 0 aromatic heterocycles. The lowest BCUT2D eigenvalue weighted by molar-refractivity contribution is -0.385. The fraction of sp³-hybridized carbons (Fsp3) is 0.462. The number of carbonyl (C=O) groups is 1. The summed E-state index contributed by atoms with van der Waals surface area (Å²) in [7, 11) is 1.48. The van der Waals surface area contributed by atoms with E-state index in [0.717, 1.165) is 0 Å². The average molecular weight is 281 g/mol. The standard InChI is InChI=1S/C13H19N3O4/c1-3-9-4-5-10(6-12(9)16(18)19)15-13(17)7-11(8-14)20-2/h4-6,11H,3,7-8,14H2,1-2H3,(H,15,17). The van der Waals surface area contributed by atoms with E-state index >= 15 is 0 Å². The molecule has 110 valence electrons. The predicted molar refractivity (Wildman–Crippen MR) is 75.6 cm³/mol. The van der Waals surface area contributed by atoms with Gasteiger partial charge in [-0.25, -0.2) is 0 Å². The van der Waals surface area contributed by atoms with Crippen LogP contribution in [-0.2, 0) is 16.0 Å². The Morgan fingerprint density at radius 2 is 2.25 bits per heavy atom. The Balaban J connectivity index is 2.80. The van der Waals surface area contributed by atoms with Crippen molar-refractivity contribution in [2.75, 3.05) is 19.0 Å². The minimum absolute atomic E-state index is 0.00687. The number of rotatable bonds is 7. The van der Waals surface area contributed by atoms with Gasteiger partial charge in [0.15, 0.2) is 0 Å². The number of nitro groups is 1. The fourth-order valence-corrected chi connectivity index (χ4v) is 1.79. The van der Waals surface area contributed by atoms with E-state index in [9.17, 15) is 14.9 Å². The first kappa shape index (κ1) is 16.1. The van der Waals surface area contributed by atoms with Crippen LogP contribution in [0.4, 0.5) is 11.4 Å². The number of benzene rings is 1. The van der Waals surface area contributed by atoms with E-state index in [2.05, 4.69) is 5.32 Å². The maximum absolute atomic E-state index is 11.8. The lowest BCUT2D eigenvalue weighted by Crippen LogP contribution is -2.28. The molecule has 0 bridgehead atoms. The van der Waals surface area contributed by atoms with Gasteiger partial charge in [-0.3, -0.25) is 14.9 Å². The van der Waals surface area contributed by atoms with Crippen LogP contribution in [0.15, 0.2) is 18.2 Å². The minimum Gasteiger partial charge on any atom is -0.380 e. The van der Waals surface area contributed by atoms with Crippen LogP contribution in [0.1, 0.15) is 18.9 Å². The molecule has 0 saturated heterocycles. The number of hydrogen-bond donors (Lipinski definition) is 2. The zero-order valence-electron chi connectivity index (χ0n) is 11.6. The second-order valence-electron chi connectivity index (χ2n) is 4.30. The Kier molecular flexibility index (Phi) is 6.08. The molecule has 1 unspecified atom stereocenters. The van der Waals surface area contributed by atoms with Gasteiger partial charge in [0, 0.05) is 31.0 Å². The number of anilines is 1. The maximum Gasteiger partial charge on any atom is 0.274 e. The molecule has 0 aliphatic heterocycles. The first-order valence-electron chi connectivity index (χ1n) is 6.31. The Morgan fingerprint density at radius 1 is 1.55 bits per heavy atom. The Bertz CT molecular complexity index is 487. The van der Waals surface area contributed by atoms with E-state index in [1.54, 1.807) is 12.1 Å². The second-order valence-corrected chi connectivity index (χ2v) is 4.30. The van der Waals surface area contributed by atoms with E-state index < -0.39 is 4.92 Å². The summed E-state index contributed by atoms with van der Waals surface area (Å²) in [6.07, 6.45) is 0.305. The molecule has 0 aliphatic carbocycles. The molecule has 3 N–H and O–H groups in total. The van der Waals surface area contributed by atoms with E-state index in [0.29, 0.717) is 17.7 Å². The number of nitro benzene ring substituents is 1. The summed E-state index contributed by atoms with van der Waals surface area (Å²) < 4.78 is 5.01. The first-order valence-corrected chi connectivity index (χ1v) is 6.31. The van der Waals surface area contributed by atoms with Gasteiger partial charge in [-0.05, 0) is 12.5 Å². The van der Waals surface area contributed by atoms with Crippen molar-refractivity contribution in [1.82, 2.24) is 0 Å². The number of nitrogens with two attached hydrogens (primary N) is 1. The van der Waals surface area contributed by atoms with Crippen LogP contribution in [0.3, 0.4) is 0 Å². The summed E-state index contributed by atoms with van der Waals surface area (Å²) in [5, 5.41) is 13.6. The molecular formula is C13H19N3O4. The molecule has 0 spiro atoms. The van der Waals surface area contributed by atoms with Crippen molar-refractivity contribution < 1.29 is 14.5 Å². The second kappa shape index (κ2) is 7.56. The van der Waals surface area contributed by atoms with Crippen LogP contribution in [0.5, 0.6) is 0 Å². The van der Waals surface area contributed by atoms with Gasteiger partial charge in [-0.15, -0.1) is 0 Å². The van der Waals surface area contributed by atoms with Crippen LogP contribution in [-0.4, -0.2) is 30.6 Å². The average Bonchev–Trinajstić information content (AvgIpc) is 2.44. The lowest BCUT2D eigenvalue weighted by atomic mass is 10.1. The van der Waals surface area contributed by atoms with Crippen molar-refractivity contribution in [3.05, 3.63) is 33.9 Å². The maximum atomic E-state index is 11.8. The number of nitrogens with zero attached hydrogens (tertiary/aromatic N) is 1. The van der Waals surface area contributed by atoms with Crippen LogP contribution in [0.2, 0.25) is 0 Å². The highest BCUT2D eigenvalue weighted by atomic mass is 16.6. The molecule has 0 heterocycles. The Labute approximate surface area is 117 Å². The van der Waals surface area contributed by atoms with Crippen molar-refractivity contribution in [2.24, 2.45) is 5.73 Å². The molecule has 7 nitrogen and oxygen atoms in total.